The van der Waals surface area contributed by atoms with Crippen molar-refractivity contribution in [1.82, 2.24) is 0 Å². The monoisotopic (exact) mass is 373 g/mol. The molecule has 0 fully saturated rings. The highest BCUT2D eigenvalue weighted by molar-refractivity contribution is 5.64. The van der Waals surface area contributed by atoms with E-state index in [2.05, 4.69) is 106 Å². The van der Waals surface area contributed by atoms with E-state index in [1.165, 1.54) is 33.5 Å². The predicted molar refractivity (Wildman–Crippen MR) is 125 cm³/mol. The number of aryl methyl sites for hydroxylation is 1. The SMILES string of the molecule is CC.CNc1c(C)cc(C(C)(C)C)cc1C(c1ccccc1)c1ccccc1. The zero-order valence-corrected chi connectivity index (χ0v) is 18.5. The van der Waals surface area contributed by atoms with Gasteiger partial charge in [-0.1, -0.05) is 107 Å². The first-order valence-electron chi connectivity index (χ1n) is 10.3. The molecule has 3 aromatic carbocycles. The van der Waals surface area contributed by atoms with Crippen LogP contribution in [-0.2, 0) is 5.41 Å². The number of hydrogen-bond donors (Lipinski definition) is 1. The van der Waals surface area contributed by atoms with Crippen molar-refractivity contribution in [1.29, 1.82) is 0 Å². The van der Waals surface area contributed by atoms with Crippen molar-refractivity contribution < 1.29 is 0 Å². The molecule has 0 atom stereocenters. The van der Waals surface area contributed by atoms with Gasteiger partial charge in [0.1, 0.15) is 0 Å². The molecule has 0 aliphatic heterocycles. The van der Waals surface area contributed by atoms with Crippen LogP contribution >= 0.6 is 0 Å². The highest BCUT2D eigenvalue weighted by Crippen LogP contribution is 2.40. The van der Waals surface area contributed by atoms with E-state index in [1.807, 2.05) is 20.9 Å². The zero-order chi connectivity index (χ0) is 20.7. The summed E-state index contributed by atoms with van der Waals surface area (Å²) in [5.41, 5.74) is 8.00. The maximum atomic E-state index is 3.46. The first-order valence-corrected chi connectivity index (χ1v) is 10.3. The number of benzene rings is 3. The fraction of sp³-hybridized carbons (Fsp3) is 0.333. The summed E-state index contributed by atoms with van der Waals surface area (Å²) in [4.78, 5) is 0. The van der Waals surface area contributed by atoms with Crippen LogP contribution in [-0.4, -0.2) is 7.05 Å². The van der Waals surface area contributed by atoms with Crippen LogP contribution in [0, 0.1) is 6.92 Å². The van der Waals surface area contributed by atoms with Crippen molar-refractivity contribution >= 4 is 5.69 Å². The van der Waals surface area contributed by atoms with Crippen molar-refractivity contribution in [2.45, 2.75) is 52.9 Å². The minimum Gasteiger partial charge on any atom is -0.388 e. The summed E-state index contributed by atoms with van der Waals surface area (Å²) in [6, 6.07) is 26.3. The van der Waals surface area contributed by atoms with Crippen molar-refractivity contribution in [3.63, 3.8) is 0 Å². The first-order chi connectivity index (χ1) is 13.4. The van der Waals surface area contributed by atoms with Gasteiger partial charge in [-0.05, 0) is 40.2 Å². The molecule has 0 bridgehead atoms. The highest BCUT2D eigenvalue weighted by Gasteiger charge is 2.24. The Labute approximate surface area is 171 Å². The molecule has 0 aromatic heterocycles. The summed E-state index contributed by atoms with van der Waals surface area (Å²) < 4.78 is 0. The van der Waals surface area contributed by atoms with Gasteiger partial charge in [-0.3, -0.25) is 0 Å². The zero-order valence-electron chi connectivity index (χ0n) is 18.5. The molecule has 0 amide bonds. The van der Waals surface area contributed by atoms with Crippen molar-refractivity contribution in [3.8, 4) is 0 Å². The average Bonchev–Trinajstić information content (AvgIpc) is 2.70. The molecule has 148 valence electrons. The second-order valence-corrected chi connectivity index (χ2v) is 8.01. The van der Waals surface area contributed by atoms with Gasteiger partial charge in [-0.25, -0.2) is 0 Å². The lowest BCUT2D eigenvalue weighted by molar-refractivity contribution is 0.588. The molecule has 1 nitrogen and oxygen atoms in total. The molecule has 3 rings (SSSR count). The quantitative estimate of drug-likeness (QED) is 0.466. The van der Waals surface area contributed by atoms with Crippen LogP contribution in [0.25, 0.3) is 0 Å². The summed E-state index contributed by atoms with van der Waals surface area (Å²) in [5, 5.41) is 3.46. The molecular weight excluding hydrogens is 338 g/mol. The van der Waals surface area contributed by atoms with Gasteiger partial charge in [-0.15, -0.1) is 0 Å². The Morgan fingerprint density at radius 3 is 1.61 bits per heavy atom. The largest absolute Gasteiger partial charge is 0.388 e. The van der Waals surface area contributed by atoms with Crippen molar-refractivity contribution in [2.24, 2.45) is 0 Å². The van der Waals surface area contributed by atoms with E-state index >= 15 is 0 Å². The molecule has 0 radical (unpaired) electrons. The van der Waals surface area contributed by atoms with Crippen LogP contribution in [0.5, 0.6) is 0 Å². The Kier molecular flexibility index (Phi) is 7.45. The van der Waals surface area contributed by atoms with Crippen LogP contribution < -0.4 is 5.32 Å². The van der Waals surface area contributed by atoms with Gasteiger partial charge in [0.25, 0.3) is 0 Å². The summed E-state index contributed by atoms with van der Waals surface area (Å²) in [5.74, 6) is 0.209. The molecule has 0 saturated carbocycles. The van der Waals surface area contributed by atoms with E-state index in [1.54, 1.807) is 0 Å². The lowest BCUT2D eigenvalue weighted by atomic mass is 9.78. The number of hydrogen-bond acceptors (Lipinski definition) is 1. The highest BCUT2D eigenvalue weighted by atomic mass is 14.8. The Balaban J connectivity index is 0.00000136. The predicted octanol–water partition coefficient (Wildman–Crippen LogP) is 7.54. The molecule has 3 aromatic rings. The molecule has 1 N–H and O–H groups in total. The summed E-state index contributed by atoms with van der Waals surface area (Å²) in [6.45, 7) is 13.1. The minimum absolute atomic E-state index is 0.115. The maximum Gasteiger partial charge on any atom is 0.0409 e. The lowest BCUT2D eigenvalue weighted by Crippen LogP contribution is -2.15. The minimum atomic E-state index is 0.115. The first kappa shape index (κ1) is 21.8. The second kappa shape index (κ2) is 9.59. The van der Waals surface area contributed by atoms with Gasteiger partial charge < -0.3 is 5.32 Å². The molecule has 0 spiro atoms. The number of nitrogens with one attached hydrogen (secondary N) is 1. The second-order valence-electron chi connectivity index (χ2n) is 8.01. The summed E-state index contributed by atoms with van der Waals surface area (Å²) in [7, 11) is 2.02. The average molecular weight is 374 g/mol. The van der Waals surface area contributed by atoms with Gasteiger partial charge in [0.15, 0.2) is 0 Å². The summed E-state index contributed by atoms with van der Waals surface area (Å²) in [6.07, 6.45) is 0. The third-order valence-corrected chi connectivity index (χ3v) is 5.06. The number of rotatable bonds is 4. The smallest absolute Gasteiger partial charge is 0.0409 e. The Bertz CT molecular complexity index is 819. The third kappa shape index (κ3) is 4.84. The summed E-state index contributed by atoms with van der Waals surface area (Å²) >= 11 is 0. The molecule has 0 saturated heterocycles. The number of anilines is 1. The molecule has 28 heavy (non-hydrogen) atoms. The van der Waals surface area contributed by atoms with Crippen molar-refractivity contribution in [2.75, 3.05) is 12.4 Å². The van der Waals surface area contributed by atoms with Crippen LogP contribution in [0.4, 0.5) is 5.69 Å². The normalized spacial score (nSPS) is 11.0. The van der Waals surface area contributed by atoms with Gasteiger partial charge in [0.2, 0.25) is 0 Å². The van der Waals surface area contributed by atoms with Crippen LogP contribution in [0.3, 0.4) is 0 Å². The van der Waals surface area contributed by atoms with Gasteiger partial charge >= 0.3 is 0 Å². The molecule has 0 aliphatic rings. The Hall–Kier alpha value is -2.54. The van der Waals surface area contributed by atoms with E-state index in [0.29, 0.717) is 0 Å². The van der Waals surface area contributed by atoms with E-state index in [9.17, 15) is 0 Å². The van der Waals surface area contributed by atoms with Crippen LogP contribution in [0.1, 0.15) is 68.4 Å². The van der Waals surface area contributed by atoms with Crippen LogP contribution in [0.15, 0.2) is 72.8 Å². The maximum absolute atomic E-state index is 3.46. The fourth-order valence-electron chi connectivity index (χ4n) is 3.66. The molecule has 0 heterocycles. The van der Waals surface area contributed by atoms with Gasteiger partial charge in [0, 0.05) is 18.7 Å². The fourth-order valence-corrected chi connectivity index (χ4v) is 3.66. The molecule has 1 heteroatoms. The Morgan fingerprint density at radius 2 is 1.21 bits per heavy atom. The third-order valence-electron chi connectivity index (χ3n) is 5.06. The van der Waals surface area contributed by atoms with Gasteiger partial charge in [-0.2, -0.15) is 0 Å². The van der Waals surface area contributed by atoms with Crippen molar-refractivity contribution in [3.05, 3.63) is 101 Å². The molecule has 0 aliphatic carbocycles. The van der Waals surface area contributed by atoms with E-state index in [4.69, 9.17) is 0 Å². The standard InChI is InChI=1S/C25H29N.C2H6/c1-18-16-21(25(2,3)4)17-22(24(18)26-5)23(19-12-8-6-9-13-19)20-14-10-7-11-15-20;1-2/h6-17,23,26H,1-5H3;1-2H3. The van der Waals surface area contributed by atoms with E-state index < -0.39 is 0 Å². The topological polar surface area (TPSA) is 12.0 Å². The lowest BCUT2D eigenvalue weighted by Gasteiger charge is -2.27. The van der Waals surface area contributed by atoms with Gasteiger partial charge in [0.05, 0.1) is 0 Å². The molecular formula is C27H35N. The van der Waals surface area contributed by atoms with E-state index in [-0.39, 0.29) is 11.3 Å². The van der Waals surface area contributed by atoms with Crippen LogP contribution in [0.2, 0.25) is 0 Å². The van der Waals surface area contributed by atoms with E-state index in [0.717, 1.165) is 0 Å². The Morgan fingerprint density at radius 1 is 0.750 bits per heavy atom. The molecule has 0 unspecified atom stereocenters.